The van der Waals surface area contributed by atoms with E-state index in [1.807, 2.05) is 0 Å². The number of piperidine rings is 1. The SMILES string of the molecule is C[C@]1(O)CCCN(S(=O)(=O)c2ccc(OCc3nc4cc(C(F)(F)F)ccc4s3)cc2)[C@@H]1OC(=O)NO. The van der Waals surface area contributed by atoms with Crippen LogP contribution in [0.1, 0.15) is 30.3 Å². The minimum absolute atomic E-state index is 0.0340. The van der Waals surface area contributed by atoms with Crippen LogP contribution in [0, 0.1) is 0 Å². The lowest BCUT2D eigenvalue weighted by molar-refractivity contribution is -0.141. The van der Waals surface area contributed by atoms with Crippen molar-refractivity contribution in [2.75, 3.05) is 6.54 Å². The summed E-state index contributed by atoms with van der Waals surface area (Å²) in [6, 6.07) is 8.61. The van der Waals surface area contributed by atoms with Crippen LogP contribution in [0.25, 0.3) is 10.2 Å². The van der Waals surface area contributed by atoms with Gasteiger partial charge in [0.05, 0.1) is 20.7 Å². The summed E-state index contributed by atoms with van der Waals surface area (Å²) in [6.07, 6.45) is -6.90. The number of hydrogen-bond acceptors (Lipinski definition) is 9. The first-order valence-electron chi connectivity index (χ1n) is 10.9. The third kappa shape index (κ3) is 5.80. The van der Waals surface area contributed by atoms with Crippen LogP contribution >= 0.6 is 11.3 Å². The third-order valence-corrected chi connectivity index (χ3v) is 8.59. The highest BCUT2D eigenvalue weighted by Gasteiger charge is 2.48. The summed E-state index contributed by atoms with van der Waals surface area (Å²) in [5, 5.41) is 19.8. The number of nitrogens with zero attached hydrogens (tertiary/aromatic N) is 2. The van der Waals surface area contributed by atoms with Gasteiger partial charge in [-0.2, -0.15) is 17.5 Å². The van der Waals surface area contributed by atoms with Crippen molar-refractivity contribution in [2.45, 2.75) is 49.3 Å². The Labute approximate surface area is 213 Å². The number of nitrogens with one attached hydrogen (secondary N) is 1. The van der Waals surface area contributed by atoms with Crippen molar-refractivity contribution < 1.29 is 46.2 Å². The molecule has 37 heavy (non-hydrogen) atoms. The van der Waals surface area contributed by atoms with Gasteiger partial charge in [0.1, 0.15) is 23.0 Å². The minimum Gasteiger partial charge on any atom is -0.486 e. The summed E-state index contributed by atoms with van der Waals surface area (Å²) >= 11 is 1.17. The van der Waals surface area contributed by atoms with Gasteiger partial charge in [0, 0.05) is 6.54 Å². The maximum absolute atomic E-state index is 13.3. The first-order valence-corrected chi connectivity index (χ1v) is 13.1. The van der Waals surface area contributed by atoms with E-state index in [9.17, 15) is 31.5 Å². The summed E-state index contributed by atoms with van der Waals surface area (Å²) in [5.74, 6) is 0.285. The first kappa shape index (κ1) is 27.1. The number of alkyl halides is 3. The van der Waals surface area contributed by atoms with Gasteiger partial charge in [0.15, 0.2) is 6.23 Å². The summed E-state index contributed by atoms with van der Waals surface area (Å²) in [6.45, 7) is 1.24. The highest BCUT2D eigenvalue weighted by Crippen LogP contribution is 2.35. The number of hydrogen-bond donors (Lipinski definition) is 3. The molecule has 1 aliphatic heterocycles. The molecule has 1 aliphatic rings. The molecule has 3 aromatic rings. The highest BCUT2D eigenvalue weighted by atomic mass is 32.2. The van der Waals surface area contributed by atoms with Crippen molar-refractivity contribution in [1.82, 2.24) is 14.8 Å². The second-order valence-electron chi connectivity index (χ2n) is 8.49. The minimum atomic E-state index is -4.47. The Kier molecular flexibility index (Phi) is 7.36. The molecule has 10 nitrogen and oxygen atoms in total. The number of thiazole rings is 1. The van der Waals surface area contributed by atoms with E-state index in [-0.39, 0.29) is 35.7 Å². The van der Waals surface area contributed by atoms with E-state index in [2.05, 4.69) is 4.98 Å². The average molecular weight is 562 g/mol. The number of hydroxylamine groups is 1. The second kappa shape index (κ2) is 10.1. The zero-order valence-electron chi connectivity index (χ0n) is 19.2. The third-order valence-electron chi connectivity index (χ3n) is 5.72. The summed E-state index contributed by atoms with van der Waals surface area (Å²) in [5.41, 5.74) is -1.04. The Morgan fingerprint density at radius 3 is 2.62 bits per heavy atom. The van der Waals surface area contributed by atoms with E-state index < -0.39 is 39.7 Å². The van der Waals surface area contributed by atoms with E-state index in [1.54, 1.807) is 0 Å². The summed E-state index contributed by atoms with van der Waals surface area (Å²) < 4.78 is 77.2. The topological polar surface area (TPSA) is 138 Å². The molecule has 1 saturated heterocycles. The normalized spacial score (nSPS) is 21.1. The number of halogens is 3. The van der Waals surface area contributed by atoms with Gasteiger partial charge in [-0.25, -0.2) is 23.7 Å². The number of ether oxygens (including phenoxy) is 2. The molecule has 2 atom stereocenters. The fraction of sp³-hybridized carbons (Fsp3) is 0.364. The van der Waals surface area contributed by atoms with Crippen molar-refractivity contribution in [2.24, 2.45) is 0 Å². The molecule has 0 bridgehead atoms. The lowest BCUT2D eigenvalue weighted by Gasteiger charge is -2.42. The zero-order valence-corrected chi connectivity index (χ0v) is 20.9. The lowest BCUT2D eigenvalue weighted by Crippen LogP contribution is -2.59. The molecule has 1 aromatic heterocycles. The van der Waals surface area contributed by atoms with Crippen molar-refractivity contribution in [3.8, 4) is 5.75 Å². The van der Waals surface area contributed by atoms with Gasteiger partial charge in [0.25, 0.3) is 0 Å². The number of aromatic nitrogens is 1. The Morgan fingerprint density at radius 2 is 1.97 bits per heavy atom. The Hall–Kier alpha value is -2.98. The number of amides is 1. The number of carbonyl (C=O) groups excluding carboxylic acids is 1. The van der Waals surface area contributed by atoms with Crippen LogP contribution in [-0.2, 0) is 27.5 Å². The molecular formula is C22H22F3N3O7S2. The smallest absolute Gasteiger partial charge is 0.432 e. The molecule has 2 aromatic carbocycles. The molecule has 4 rings (SSSR count). The van der Waals surface area contributed by atoms with E-state index in [1.165, 1.54) is 54.1 Å². The number of aliphatic hydroxyl groups is 1. The molecule has 2 heterocycles. The molecule has 0 spiro atoms. The number of carbonyl (C=O) groups is 1. The molecule has 0 saturated carbocycles. The molecule has 3 N–H and O–H groups in total. The number of benzene rings is 2. The zero-order chi connectivity index (χ0) is 27.0. The fourth-order valence-corrected chi connectivity index (χ4v) is 6.41. The van der Waals surface area contributed by atoms with Gasteiger partial charge in [0.2, 0.25) is 10.0 Å². The Morgan fingerprint density at radius 1 is 1.27 bits per heavy atom. The van der Waals surface area contributed by atoms with Gasteiger partial charge in [-0.3, -0.25) is 5.21 Å². The van der Waals surface area contributed by atoms with Gasteiger partial charge < -0.3 is 14.6 Å². The van der Waals surface area contributed by atoms with E-state index in [0.717, 1.165) is 16.4 Å². The fourth-order valence-electron chi connectivity index (χ4n) is 3.90. The van der Waals surface area contributed by atoms with Gasteiger partial charge in [-0.05, 0) is 62.2 Å². The average Bonchev–Trinajstić information content (AvgIpc) is 3.25. The van der Waals surface area contributed by atoms with E-state index >= 15 is 0 Å². The summed E-state index contributed by atoms with van der Waals surface area (Å²) in [7, 11) is -4.22. The molecule has 200 valence electrons. The van der Waals surface area contributed by atoms with Crippen molar-refractivity contribution >= 4 is 37.7 Å². The first-order chi connectivity index (χ1) is 17.3. The van der Waals surface area contributed by atoms with Crippen LogP contribution in [0.3, 0.4) is 0 Å². The van der Waals surface area contributed by atoms with E-state index in [0.29, 0.717) is 16.1 Å². The number of sulfonamides is 1. The second-order valence-corrected chi connectivity index (χ2v) is 11.5. The molecule has 1 fully saturated rings. The largest absolute Gasteiger partial charge is 0.486 e. The molecule has 0 unspecified atom stereocenters. The van der Waals surface area contributed by atoms with Crippen molar-refractivity contribution in [3.05, 3.63) is 53.0 Å². The van der Waals surface area contributed by atoms with Gasteiger partial charge in [-0.1, -0.05) is 0 Å². The van der Waals surface area contributed by atoms with Gasteiger partial charge >= 0.3 is 12.3 Å². The Balaban J connectivity index is 1.48. The Bertz CT molecular complexity index is 1390. The van der Waals surface area contributed by atoms with Crippen molar-refractivity contribution in [3.63, 3.8) is 0 Å². The molecular weight excluding hydrogens is 539 g/mol. The molecule has 0 aliphatic carbocycles. The number of fused-ring (bicyclic) bond motifs is 1. The standard InChI is InChI=1S/C22H22F3N3O7S2/c1-21(30)9-2-10-28(19(21)35-20(29)27-31)37(32,33)15-6-4-14(5-7-15)34-12-18-26-16-11-13(22(23,24)25)3-8-17(16)36-18/h3-8,11,19,30-31H,2,9-10,12H2,1H3,(H,27,29)/t19-,21+/m1/s1. The number of rotatable bonds is 6. The van der Waals surface area contributed by atoms with E-state index in [4.69, 9.17) is 14.7 Å². The van der Waals surface area contributed by atoms with Crippen LogP contribution < -0.4 is 10.2 Å². The summed E-state index contributed by atoms with van der Waals surface area (Å²) in [4.78, 5) is 15.6. The highest BCUT2D eigenvalue weighted by molar-refractivity contribution is 7.89. The van der Waals surface area contributed by atoms with Crippen LogP contribution in [-0.4, -0.2) is 52.5 Å². The lowest BCUT2D eigenvalue weighted by atomic mass is 9.94. The quantitative estimate of drug-likeness (QED) is 0.305. The van der Waals surface area contributed by atoms with Gasteiger partial charge in [-0.15, -0.1) is 11.3 Å². The molecule has 1 amide bonds. The van der Waals surface area contributed by atoms with Crippen LogP contribution in [0.4, 0.5) is 18.0 Å². The molecule has 15 heteroatoms. The predicted molar refractivity (Wildman–Crippen MR) is 124 cm³/mol. The van der Waals surface area contributed by atoms with Crippen LogP contribution in [0.5, 0.6) is 5.75 Å². The molecule has 0 radical (unpaired) electrons. The van der Waals surface area contributed by atoms with Crippen LogP contribution in [0.2, 0.25) is 0 Å². The predicted octanol–water partition coefficient (Wildman–Crippen LogP) is 3.87. The van der Waals surface area contributed by atoms with Crippen molar-refractivity contribution in [1.29, 1.82) is 0 Å². The monoisotopic (exact) mass is 561 g/mol. The maximum atomic E-state index is 13.3. The van der Waals surface area contributed by atoms with Crippen LogP contribution in [0.15, 0.2) is 47.4 Å². The maximum Gasteiger partial charge on any atom is 0.432 e.